The molecule has 0 fully saturated rings. The Morgan fingerprint density at radius 1 is 1.53 bits per heavy atom. The third kappa shape index (κ3) is 5.66. The Labute approximate surface area is 124 Å². The Kier molecular flexibility index (Phi) is 7.62. The van der Waals surface area contributed by atoms with E-state index in [1.165, 1.54) is 10.5 Å². The van der Waals surface area contributed by atoms with Gasteiger partial charge < -0.3 is 10.1 Å². The van der Waals surface area contributed by atoms with Crippen LogP contribution in [-0.4, -0.2) is 26.8 Å². The second kappa shape index (κ2) is 8.43. The van der Waals surface area contributed by atoms with Crippen LogP contribution in [0.5, 0.6) is 0 Å². The minimum absolute atomic E-state index is 0.757. The first-order valence-corrected chi connectivity index (χ1v) is 7.91. The first-order chi connectivity index (χ1) is 8.17. The molecule has 17 heavy (non-hydrogen) atoms. The number of ether oxygens (including phenoxy) is 1. The van der Waals surface area contributed by atoms with Gasteiger partial charge in [-0.15, -0.1) is 11.3 Å². The lowest BCUT2D eigenvalue weighted by molar-refractivity contribution is 0.200. The average molecular weight is 383 g/mol. The Morgan fingerprint density at radius 2 is 2.29 bits per heavy atom. The van der Waals surface area contributed by atoms with Crippen molar-refractivity contribution in [1.29, 1.82) is 0 Å². The normalized spacial score (nSPS) is 12.1. The van der Waals surface area contributed by atoms with Crippen molar-refractivity contribution in [3.63, 3.8) is 0 Å². The highest BCUT2D eigenvalue weighted by atomic mass is 79.9. The predicted octanol–water partition coefficient (Wildman–Crippen LogP) is 4.30. The molecule has 0 atom stereocenters. The van der Waals surface area contributed by atoms with Crippen LogP contribution in [0.2, 0.25) is 0 Å². The molecule has 1 N–H and O–H groups in total. The van der Waals surface area contributed by atoms with Crippen molar-refractivity contribution in [3.8, 4) is 0 Å². The lowest BCUT2D eigenvalue weighted by atomic mass is 10.2. The average Bonchev–Trinajstić information content (AvgIpc) is 2.62. The smallest absolute Gasteiger partial charge is 0.0846 e. The summed E-state index contributed by atoms with van der Waals surface area (Å²) in [7, 11) is 1.72. The van der Waals surface area contributed by atoms with Gasteiger partial charge in [-0.05, 0) is 50.4 Å². The van der Waals surface area contributed by atoms with E-state index in [4.69, 9.17) is 4.74 Å². The van der Waals surface area contributed by atoms with Gasteiger partial charge in [0.1, 0.15) is 0 Å². The van der Waals surface area contributed by atoms with E-state index < -0.39 is 0 Å². The van der Waals surface area contributed by atoms with E-state index in [-0.39, 0.29) is 0 Å². The van der Waals surface area contributed by atoms with Crippen LogP contribution in [0.4, 0.5) is 0 Å². The molecule has 1 heterocycles. The van der Waals surface area contributed by atoms with Crippen molar-refractivity contribution in [1.82, 2.24) is 5.32 Å². The molecule has 1 aromatic rings. The van der Waals surface area contributed by atoms with Gasteiger partial charge in [-0.2, -0.15) is 0 Å². The zero-order valence-electron chi connectivity index (χ0n) is 10.1. The van der Waals surface area contributed by atoms with Crippen LogP contribution in [0.3, 0.4) is 0 Å². The topological polar surface area (TPSA) is 21.3 Å². The van der Waals surface area contributed by atoms with Crippen molar-refractivity contribution in [3.05, 3.63) is 24.8 Å². The summed E-state index contributed by atoms with van der Waals surface area (Å²) in [6, 6.07) is 2.14. The minimum Gasteiger partial charge on any atom is -0.383 e. The molecule has 0 unspecified atom stereocenters. The van der Waals surface area contributed by atoms with Gasteiger partial charge in [0.05, 0.1) is 10.4 Å². The first kappa shape index (κ1) is 15.4. The highest BCUT2D eigenvalue weighted by Gasteiger charge is 2.03. The van der Waals surface area contributed by atoms with Crippen molar-refractivity contribution in [2.24, 2.45) is 0 Å². The van der Waals surface area contributed by atoms with E-state index in [0.29, 0.717) is 0 Å². The van der Waals surface area contributed by atoms with Crippen molar-refractivity contribution < 1.29 is 4.74 Å². The molecule has 0 saturated carbocycles. The second-order valence-electron chi connectivity index (χ2n) is 3.60. The summed E-state index contributed by atoms with van der Waals surface area (Å²) >= 11 is 8.76. The molecule has 2 nitrogen and oxygen atoms in total. The molecule has 0 aliphatic rings. The maximum atomic E-state index is 5.00. The van der Waals surface area contributed by atoms with Crippen LogP contribution in [-0.2, 0) is 4.74 Å². The van der Waals surface area contributed by atoms with Crippen molar-refractivity contribution in [2.75, 3.05) is 26.8 Å². The molecule has 0 saturated heterocycles. The third-order valence-electron chi connectivity index (χ3n) is 2.30. The van der Waals surface area contributed by atoms with Gasteiger partial charge in [0, 0.05) is 29.5 Å². The SMILES string of the molecule is CCC(=Cc1cc(Br)c(Br)s1)CNCCOC. The van der Waals surface area contributed by atoms with Gasteiger partial charge in [0.25, 0.3) is 0 Å². The summed E-state index contributed by atoms with van der Waals surface area (Å²) in [5, 5.41) is 3.37. The van der Waals surface area contributed by atoms with E-state index in [2.05, 4.69) is 56.2 Å². The van der Waals surface area contributed by atoms with Gasteiger partial charge in [-0.1, -0.05) is 12.5 Å². The monoisotopic (exact) mass is 381 g/mol. The number of hydrogen-bond acceptors (Lipinski definition) is 3. The fraction of sp³-hybridized carbons (Fsp3) is 0.500. The van der Waals surface area contributed by atoms with Crippen LogP contribution < -0.4 is 5.32 Å². The Bertz CT molecular complexity index is 357. The molecule has 1 aromatic heterocycles. The van der Waals surface area contributed by atoms with Crippen LogP contribution in [0.25, 0.3) is 6.08 Å². The summed E-state index contributed by atoms with van der Waals surface area (Å²) in [4.78, 5) is 1.27. The van der Waals surface area contributed by atoms with E-state index in [1.807, 2.05) is 0 Å². The van der Waals surface area contributed by atoms with Crippen molar-refractivity contribution >= 4 is 49.3 Å². The summed E-state index contributed by atoms with van der Waals surface area (Å²) in [6.45, 7) is 4.76. The molecule has 0 aliphatic heterocycles. The van der Waals surface area contributed by atoms with E-state index >= 15 is 0 Å². The largest absolute Gasteiger partial charge is 0.383 e. The lowest BCUT2D eigenvalue weighted by Crippen LogP contribution is -2.21. The molecule has 0 aromatic carbocycles. The maximum Gasteiger partial charge on any atom is 0.0846 e. The summed E-state index contributed by atoms with van der Waals surface area (Å²) < 4.78 is 7.27. The van der Waals surface area contributed by atoms with E-state index in [1.54, 1.807) is 18.4 Å². The number of methoxy groups -OCH3 is 1. The molecule has 0 spiro atoms. The zero-order valence-corrected chi connectivity index (χ0v) is 14.0. The molecule has 0 aliphatic carbocycles. The number of nitrogens with one attached hydrogen (secondary N) is 1. The van der Waals surface area contributed by atoms with Crippen molar-refractivity contribution in [2.45, 2.75) is 13.3 Å². The first-order valence-electron chi connectivity index (χ1n) is 5.51. The van der Waals surface area contributed by atoms with Crippen LogP contribution in [0, 0.1) is 0 Å². The predicted molar refractivity (Wildman–Crippen MR) is 82.7 cm³/mol. The van der Waals surface area contributed by atoms with Gasteiger partial charge in [-0.25, -0.2) is 0 Å². The molecule has 0 bridgehead atoms. The van der Waals surface area contributed by atoms with Crippen LogP contribution in [0.1, 0.15) is 18.2 Å². The minimum atomic E-state index is 0.757. The third-order valence-corrected chi connectivity index (χ3v) is 5.50. The maximum absolute atomic E-state index is 5.00. The van der Waals surface area contributed by atoms with E-state index in [9.17, 15) is 0 Å². The van der Waals surface area contributed by atoms with Gasteiger partial charge in [-0.3, -0.25) is 0 Å². The number of halogens is 2. The van der Waals surface area contributed by atoms with Gasteiger partial charge in [0.15, 0.2) is 0 Å². The summed E-state index contributed by atoms with van der Waals surface area (Å²) in [6.07, 6.45) is 3.31. The Hall–Kier alpha value is 0.320. The molecule has 0 amide bonds. The van der Waals surface area contributed by atoms with Gasteiger partial charge in [0.2, 0.25) is 0 Å². The number of thiophene rings is 1. The fourth-order valence-electron chi connectivity index (χ4n) is 1.34. The summed E-state index contributed by atoms with van der Waals surface area (Å²) in [5.41, 5.74) is 1.40. The zero-order chi connectivity index (χ0) is 12.7. The van der Waals surface area contributed by atoms with E-state index in [0.717, 1.165) is 34.4 Å². The standard InChI is InChI=1S/C12H17Br2NOS/c1-3-9(8-15-4-5-16-2)6-10-7-11(13)12(14)17-10/h6-7,15H,3-5,8H2,1-2H3. The fourth-order valence-corrected chi connectivity index (χ4v) is 3.42. The molecule has 0 radical (unpaired) electrons. The van der Waals surface area contributed by atoms with Gasteiger partial charge >= 0.3 is 0 Å². The number of rotatable bonds is 7. The molecule has 5 heteroatoms. The molecule has 1 rings (SSSR count). The number of hydrogen-bond donors (Lipinski definition) is 1. The summed E-state index contributed by atoms with van der Waals surface area (Å²) in [5.74, 6) is 0. The quantitative estimate of drug-likeness (QED) is 0.709. The molecular formula is C12H17Br2NOS. The van der Waals surface area contributed by atoms with Crippen LogP contribution >= 0.6 is 43.2 Å². The highest BCUT2D eigenvalue weighted by Crippen LogP contribution is 2.33. The molecule has 96 valence electrons. The Balaban J connectivity index is 2.54. The lowest BCUT2D eigenvalue weighted by Gasteiger charge is -2.06. The van der Waals surface area contributed by atoms with Crippen LogP contribution in [0.15, 0.2) is 19.9 Å². The molecular weight excluding hydrogens is 366 g/mol. The Morgan fingerprint density at radius 3 is 2.82 bits per heavy atom. The highest BCUT2D eigenvalue weighted by molar-refractivity contribution is 9.13. The second-order valence-corrected chi connectivity index (χ2v) is 6.85.